The lowest BCUT2D eigenvalue weighted by Crippen LogP contribution is -2.50. The molecule has 0 aliphatic carbocycles. The second-order valence-corrected chi connectivity index (χ2v) is 7.45. The minimum Gasteiger partial charge on any atom is -0.486 e. The zero-order valence-corrected chi connectivity index (χ0v) is 16.4. The third-order valence-electron chi connectivity index (χ3n) is 4.91. The van der Waals surface area contributed by atoms with Gasteiger partial charge >= 0.3 is 0 Å². The van der Waals surface area contributed by atoms with E-state index in [0.717, 1.165) is 60.3 Å². The van der Waals surface area contributed by atoms with Gasteiger partial charge in [-0.2, -0.15) is 4.37 Å². The summed E-state index contributed by atoms with van der Waals surface area (Å²) >= 11 is 1.53. The van der Waals surface area contributed by atoms with E-state index >= 15 is 0 Å². The number of hydrogen-bond acceptors (Lipinski definition) is 7. The summed E-state index contributed by atoms with van der Waals surface area (Å²) in [7, 11) is 0. The summed E-state index contributed by atoms with van der Waals surface area (Å²) in [5.41, 5.74) is 1.02. The van der Waals surface area contributed by atoms with Crippen LogP contribution in [0.15, 0.2) is 42.6 Å². The highest BCUT2D eigenvalue weighted by Crippen LogP contribution is 2.31. The third-order valence-corrected chi connectivity index (χ3v) is 5.70. The van der Waals surface area contributed by atoms with Crippen LogP contribution in [-0.2, 0) is 0 Å². The van der Waals surface area contributed by atoms with Crippen LogP contribution in [0.5, 0.6) is 11.5 Å². The number of halogens is 1. The summed E-state index contributed by atoms with van der Waals surface area (Å²) in [4.78, 5) is 9.29. The number of hydrogen-bond donors (Lipinski definition) is 0. The Morgan fingerprint density at radius 1 is 1.04 bits per heavy atom. The van der Waals surface area contributed by atoms with Crippen molar-refractivity contribution >= 4 is 40.0 Å². The molecule has 2 aliphatic heterocycles. The van der Waals surface area contributed by atoms with Crippen LogP contribution in [0, 0.1) is 0 Å². The van der Waals surface area contributed by atoms with Crippen LogP contribution in [0.1, 0.15) is 0 Å². The van der Waals surface area contributed by atoms with Gasteiger partial charge in [0.1, 0.15) is 18.2 Å². The molecule has 27 heavy (non-hydrogen) atoms. The number of aromatic nitrogens is 2. The van der Waals surface area contributed by atoms with Gasteiger partial charge < -0.3 is 14.4 Å². The van der Waals surface area contributed by atoms with E-state index in [1.165, 1.54) is 11.5 Å². The molecule has 4 heterocycles. The number of anilines is 1. The molecule has 2 aromatic heterocycles. The highest BCUT2D eigenvalue weighted by molar-refractivity contribution is 7.13. The van der Waals surface area contributed by atoms with Crippen molar-refractivity contribution in [3.05, 3.63) is 42.6 Å². The lowest BCUT2D eigenvalue weighted by molar-refractivity contribution is 0.0571. The molecule has 0 bridgehead atoms. The van der Waals surface area contributed by atoms with E-state index in [0.29, 0.717) is 6.61 Å². The van der Waals surface area contributed by atoms with Gasteiger partial charge in [-0.05, 0) is 35.8 Å². The van der Waals surface area contributed by atoms with Crippen molar-refractivity contribution in [3.63, 3.8) is 0 Å². The van der Waals surface area contributed by atoms with Gasteiger partial charge in [-0.25, -0.2) is 0 Å². The average Bonchev–Trinajstić information content (AvgIpc) is 3.13. The van der Waals surface area contributed by atoms with Gasteiger partial charge in [0.05, 0.1) is 4.70 Å². The van der Waals surface area contributed by atoms with Gasteiger partial charge in [-0.15, -0.1) is 12.4 Å². The van der Waals surface area contributed by atoms with Crippen molar-refractivity contribution in [2.45, 2.75) is 6.10 Å². The Morgan fingerprint density at radius 2 is 1.85 bits per heavy atom. The molecule has 6 nitrogen and oxygen atoms in total. The maximum absolute atomic E-state index is 6.09. The van der Waals surface area contributed by atoms with Crippen molar-refractivity contribution < 1.29 is 9.47 Å². The monoisotopic (exact) mass is 404 g/mol. The standard InChI is InChI=1S/C19H20N4O2S.ClH/c1-2-5-16-15(4-1)24-13-14(25-16)12-22-8-10-23(11-9-22)19-18-17(26-21-19)6-3-7-20-18;/h1-7,14H,8-13H2;1H. The quantitative estimate of drug-likeness (QED) is 0.668. The number of piperazine rings is 1. The van der Waals surface area contributed by atoms with E-state index in [1.807, 2.05) is 36.5 Å². The summed E-state index contributed by atoms with van der Waals surface area (Å²) in [6.45, 7) is 5.40. The smallest absolute Gasteiger partial charge is 0.168 e. The summed E-state index contributed by atoms with van der Waals surface area (Å²) in [5, 5.41) is 0. The highest BCUT2D eigenvalue weighted by atomic mass is 35.5. The van der Waals surface area contributed by atoms with Gasteiger partial charge in [0.15, 0.2) is 17.3 Å². The summed E-state index contributed by atoms with van der Waals surface area (Å²) in [5.74, 6) is 2.72. The lowest BCUT2D eigenvalue weighted by Gasteiger charge is -2.37. The Morgan fingerprint density at radius 3 is 2.70 bits per heavy atom. The van der Waals surface area contributed by atoms with E-state index < -0.39 is 0 Å². The predicted molar refractivity (Wildman–Crippen MR) is 110 cm³/mol. The first-order valence-corrected chi connectivity index (χ1v) is 9.70. The molecule has 0 spiro atoms. The van der Waals surface area contributed by atoms with Gasteiger partial charge in [-0.3, -0.25) is 9.88 Å². The Hall–Kier alpha value is -2.09. The number of fused-ring (bicyclic) bond motifs is 2. The first-order chi connectivity index (χ1) is 12.9. The Bertz CT molecular complexity index is 913. The molecular weight excluding hydrogens is 384 g/mol. The van der Waals surface area contributed by atoms with E-state index in [4.69, 9.17) is 9.47 Å². The summed E-state index contributed by atoms with van der Waals surface area (Å²) < 4.78 is 17.7. The van der Waals surface area contributed by atoms with Crippen LogP contribution in [0.2, 0.25) is 0 Å². The van der Waals surface area contributed by atoms with Gasteiger partial charge in [-0.1, -0.05) is 12.1 Å². The number of para-hydroxylation sites is 2. The van der Waals surface area contributed by atoms with Crippen molar-refractivity contribution in [1.82, 2.24) is 14.3 Å². The molecular formula is C19H21ClN4O2S. The highest BCUT2D eigenvalue weighted by Gasteiger charge is 2.26. The van der Waals surface area contributed by atoms with Crippen LogP contribution in [-0.4, -0.2) is 59.7 Å². The molecule has 5 rings (SSSR count). The lowest BCUT2D eigenvalue weighted by atomic mass is 10.2. The molecule has 142 valence electrons. The minimum absolute atomic E-state index is 0. The van der Waals surface area contributed by atoms with Crippen molar-refractivity contribution in [2.75, 3.05) is 44.2 Å². The van der Waals surface area contributed by atoms with E-state index in [9.17, 15) is 0 Å². The van der Waals surface area contributed by atoms with Crippen molar-refractivity contribution in [1.29, 1.82) is 0 Å². The van der Waals surface area contributed by atoms with Crippen LogP contribution in [0.4, 0.5) is 5.82 Å². The average molecular weight is 405 g/mol. The van der Waals surface area contributed by atoms with E-state index in [2.05, 4.69) is 25.2 Å². The minimum atomic E-state index is 0. The predicted octanol–water partition coefficient (Wildman–Crippen LogP) is 3.08. The largest absolute Gasteiger partial charge is 0.486 e. The molecule has 0 saturated carbocycles. The molecule has 1 aromatic carbocycles. The Labute approximate surface area is 168 Å². The van der Waals surface area contributed by atoms with Crippen molar-refractivity contribution in [3.8, 4) is 11.5 Å². The molecule has 3 aromatic rings. The van der Waals surface area contributed by atoms with Crippen LogP contribution in [0.3, 0.4) is 0 Å². The molecule has 1 atom stereocenters. The number of rotatable bonds is 3. The fourth-order valence-corrected chi connectivity index (χ4v) is 4.32. The number of pyridine rings is 1. The SMILES string of the molecule is Cl.c1ccc2c(c1)OCC(CN1CCN(c3nsc4cccnc34)CC1)O2. The summed E-state index contributed by atoms with van der Waals surface area (Å²) in [6, 6.07) is 11.9. The number of benzene rings is 1. The topological polar surface area (TPSA) is 50.7 Å². The second-order valence-electron chi connectivity index (χ2n) is 6.64. The third kappa shape index (κ3) is 3.67. The zero-order chi connectivity index (χ0) is 17.3. The normalized spacial score (nSPS) is 19.7. The summed E-state index contributed by atoms with van der Waals surface area (Å²) in [6.07, 6.45) is 1.92. The molecule has 8 heteroatoms. The number of nitrogens with zero attached hydrogens (tertiary/aromatic N) is 4. The molecule has 1 saturated heterocycles. The molecule has 0 amide bonds. The van der Waals surface area contributed by atoms with Crippen LogP contribution < -0.4 is 14.4 Å². The van der Waals surface area contributed by atoms with Crippen molar-refractivity contribution in [2.24, 2.45) is 0 Å². The first-order valence-electron chi connectivity index (χ1n) is 8.93. The van der Waals surface area contributed by atoms with Gasteiger partial charge in [0.25, 0.3) is 0 Å². The van der Waals surface area contributed by atoms with Gasteiger partial charge in [0, 0.05) is 38.9 Å². The Balaban J connectivity index is 0.00000180. The zero-order valence-electron chi connectivity index (χ0n) is 14.8. The molecule has 1 fully saturated rings. The van der Waals surface area contributed by atoms with Crippen LogP contribution in [0.25, 0.3) is 10.2 Å². The molecule has 2 aliphatic rings. The maximum atomic E-state index is 6.09. The van der Waals surface area contributed by atoms with Crippen LogP contribution >= 0.6 is 23.9 Å². The number of ether oxygens (including phenoxy) is 2. The molecule has 0 N–H and O–H groups in total. The second kappa shape index (κ2) is 7.88. The Kier molecular flexibility index (Phi) is 5.33. The first kappa shape index (κ1) is 18.3. The van der Waals surface area contributed by atoms with Gasteiger partial charge in [0.2, 0.25) is 0 Å². The van der Waals surface area contributed by atoms with E-state index in [-0.39, 0.29) is 18.5 Å². The van der Waals surface area contributed by atoms with E-state index in [1.54, 1.807) is 0 Å². The fourth-order valence-electron chi connectivity index (χ4n) is 3.56. The fraction of sp³-hybridized carbons (Fsp3) is 0.368. The molecule has 1 unspecified atom stereocenters. The molecule has 0 radical (unpaired) electrons. The maximum Gasteiger partial charge on any atom is 0.168 e.